The van der Waals surface area contributed by atoms with Crippen LogP contribution in [0.25, 0.3) is 11.0 Å². The average Bonchev–Trinajstić information content (AvgIpc) is 2.81. The lowest BCUT2D eigenvalue weighted by atomic mass is 10.2. The second-order valence-electron chi connectivity index (χ2n) is 4.38. The molecule has 0 bridgehead atoms. The number of carboxylic acids is 1. The molecule has 3 rings (SSSR count). The van der Waals surface area contributed by atoms with Gasteiger partial charge in [0.1, 0.15) is 0 Å². The van der Waals surface area contributed by atoms with Crippen LogP contribution < -0.4 is 5.32 Å². The van der Waals surface area contributed by atoms with Gasteiger partial charge in [0.15, 0.2) is 11.6 Å². The van der Waals surface area contributed by atoms with Crippen molar-refractivity contribution in [1.82, 2.24) is 9.97 Å². The van der Waals surface area contributed by atoms with Gasteiger partial charge in [-0.3, -0.25) is 0 Å². The first-order chi connectivity index (χ1) is 10.0. The van der Waals surface area contributed by atoms with E-state index in [0.29, 0.717) is 22.7 Å². The number of nitrogens with one attached hydrogen (secondary N) is 2. The van der Waals surface area contributed by atoms with Crippen molar-refractivity contribution in [2.24, 2.45) is 0 Å². The smallest absolute Gasteiger partial charge is 0.335 e. The van der Waals surface area contributed by atoms with Crippen molar-refractivity contribution in [1.29, 1.82) is 0 Å². The molecule has 106 valence electrons. The van der Waals surface area contributed by atoms with E-state index in [1.165, 1.54) is 12.1 Å². The van der Waals surface area contributed by atoms with E-state index in [1.54, 1.807) is 12.1 Å². The average molecular weight is 289 g/mol. The molecule has 0 saturated heterocycles. The van der Waals surface area contributed by atoms with E-state index in [4.69, 9.17) is 5.11 Å². The van der Waals surface area contributed by atoms with E-state index in [0.717, 1.165) is 12.1 Å². The number of carboxylic acid groups (broad SMARTS) is 1. The van der Waals surface area contributed by atoms with Gasteiger partial charge in [-0.25, -0.2) is 18.6 Å². The fourth-order valence-electron chi connectivity index (χ4n) is 1.90. The molecule has 0 saturated carbocycles. The maximum atomic E-state index is 13.1. The Morgan fingerprint density at radius 2 is 1.81 bits per heavy atom. The molecule has 0 unspecified atom stereocenters. The summed E-state index contributed by atoms with van der Waals surface area (Å²) in [7, 11) is 0. The van der Waals surface area contributed by atoms with Gasteiger partial charge < -0.3 is 15.4 Å². The van der Waals surface area contributed by atoms with Crippen molar-refractivity contribution in [3.8, 4) is 0 Å². The van der Waals surface area contributed by atoms with Crippen LogP contribution in [0.2, 0.25) is 0 Å². The highest BCUT2D eigenvalue weighted by atomic mass is 19.2. The summed E-state index contributed by atoms with van der Waals surface area (Å²) in [5.74, 6) is -2.64. The fraction of sp³-hybridized carbons (Fsp3) is 0. The van der Waals surface area contributed by atoms with E-state index < -0.39 is 17.6 Å². The van der Waals surface area contributed by atoms with Gasteiger partial charge in [-0.1, -0.05) is 0 Å². The topological polar surface area (TPSA) is 78.0 Å². The molecule has 1 heterocycles. The van der Waals surface area contributed by atoms with Gasteiger partial charge >= 0.3 is 5.97 Å². The van der Waals surface area contributed by atoms with Crippen LogP contribution in [0, 0.1) is 11.6 Å². The van der Waals surface area contributed by atoms with Gasteiger partial charge in [0.25, 0.3) is 0 Å². The Hall–Kier alpha value is -2.96. The van der Waals surface area contributed by atoms with E-state index in [2.05, 4.69) is 15.3 Å². The van der Waals surface area contributed by atoms with Crippen molar-refractivity contribution < 1.29 is 18.7 Å². The Kier molecular flexibility index (Phi) is 3.02. The highest BCUT2D eigenvalue weighted by Gasteiger charge is 2.09. The Morgan fingerprint density at radius 1 is 1.14 bits per heavy atom. The SMILES string of the molecule is O=C(O)c1ccc(Nc2nc3cc(F)c(F)cc3[nH]2)cc1. The lowest BCUT2D eigenvalue weighted by Crippen LogP contribution is -1.97. The number of aromatic amines is 1. The van der Waals surface area contributed by atoms with Crippen LogP contribution in [0.4, 0.5) is 20.4 Å². The molecule has 0 atom stereocenters. The molecule has 2 aromatic carbocycles. The van der Waals surface area contributed by atoms with E-state index >= 15 is 0 Å². The molecule has 1 aromatic heterocycles. The largest absolute Gasteiger partial charge is 0.478 e. The summed E-state index contributed by atoms with van der Waals surface area (Å²) in [5.41, 5.74) is 1.41. The fourth-order valence-corrected chi connectivity index (χ4v) is 1.90. The molecule has 7 heteroatoms. The number of aromatic carboxylic acids is 1. The van der Waals surface area contributed by atoms with E-state index in [1.807, 2.05) is 0 Å². The predicted molar refractivity (Wildman–Crippen MR) is 72.7 cm³/mol. The van der Waals surface area contributed by atoms with Crippen LogP contribution in [0.1, 0.15) is 10.4 Å². The molecule has 5 nitrogen and oxygen atoms in total. The summed E-state index contributed by atoms with van der Waals surface area (Å²) in [6.07, 6.45) is 0. The zero-order valence-corrected chi connectivity index (χ0v) is 10.5. The molecular formula is C14H9F2N3O2. The Labute approximate surface area is 117 Å². The quantitative estimate of drug-likeness (QED) is 0.691. The number of H-pyrrole nitrogens is 1. The molecule has 3 N–H and O–H groups in total. The standard InChI is InChI=1S/C14H9F2N3O2/c15-9-5-11-12(6-10(9)16)19-14(18-11)17-8-3-1-7(2-4-8)13(20)21/h1-6H,(H,20,21)(H2,17,18,19). The second kappa shape index (κ2) is 4.86. The molecule has 0 aliphatic carbocycles. The van der Waals surface area contributed by atoms with Gasteiger partial charge in [-0.05, 0) is 24.3 Å². The number of carbonyl (C=O) groups is 1. The number of benzene rings is 2. The third-order valence-corrected chi connectivity index (χ3v) is 2.92. The zero-order valence-electron chi connectivity index (χ0n) is 10.5. The molecule has 0 amide bonds. The lowest BCUT2D eigenvalue weighted by Gasteiger charge is -2.02. The zero-order chi connectivity index (χ0) is 15.0. The first-order valence-corrected chi connectivity index (χ1v) is 5.98. The van der Waals surface area contributed by atoms with Crippen LogP contribution in [0.3, 0.4) is 0 Å². The van der Waals surface area contributed by atoms with Crippen molar-refractivity contribution in [3.63, 3.8) is 0 Å². The van der Waals surface area contributed by atoms with Gasteiger partial charge in [0.05, 0.1) is 16.6 Å². The Morgan fingerprint density at radius 3 is 2.48 bits per heavy atom. The summed E-state index contributed by atoms with van der Waals surface area (Å²) >= 11 is 0. The monoisotopic (exact) mass is 289 g/mol. The number of halogens is 2. The summed E-state index contributed by atoms with van der Waals surface area (Å²) < 4.78 is 26.2. The minimum absolute atomic E-state index is 0.161. The summed E-state index contributed by atoms with van der Waals surface area (Å²) in [5, 5.41) is 11.7. The highest BCUT2D eigenvalue weighted by molar-refractivity contribution is 5.88. The molecule has 0 aliphatic rings. The Bertz CT molecular complexity index is 789. The van der Waals surface area contributed by atoms with Gasteiger partial charge in [-0.15, -0.1) is 0 Å². The Balaban J connectivity index is 1.89. The summed E-state index contributed by atoms with van der Waals surface area (Å²) in [4.78, 5) is 17.6. The number of imidazole rings is 1. The van der Waals surface area contributed by atoms with Crippen LogP contribution in [0.5, 0.6) is 0 Å². The maximum absolute atomic E-state index is 13.1. The van der Waals surface area contributed by atoms with Crippen molar-refractivity contribution in [2.75, 3.05) is 5.32 Å². The maximum Gasteiger partial charge on any atom is 0.335 e. The minimum Gasteiger partial charge on any atom is -0.478 e. The number of hydrogen-bond donors (Lipinski definition) is 3. The molecule has 0 radical (unpaired) electrons. The van der Waals surface area contributed by atoms with Crippen molar-refractivity contribution >= 4 is 28.6 Å². The number of nitrogens with zero attached hydrogens (tertiary/aromatic N) is 1. The summed E-state index contributed by atoms with van der Waals surface area (Å²) in [6, 6.07) is 8.03. The third kappa shape index (κ3) is 2.53. The second-order valence-corrected chi connectivity index (χ2v) is 4.38. The number of rotatable bonds is 3. The number of fused-ring (bicyclic) bond motifs is 1. The molecule has 21 heavy (non-hydrogen) atoms. The minimum atomic E-state index is -1.02. The number of aromatic nitrogens is 2. The predicted octanol–water partition coefficient (Wildman–Crippen LogP) is 3.28. The molecule has 0 fully saturated rings. The van der Waals surface area contributed by atoms with Crippen LogP contribution in [0.15, 0.2) is 36.4 Å². The normalized spacial score (nSPS) is 10.8. The first kappa shape index (κ1) is 13.0. The highest BCUT2D eigenvalue weighted by Crippen LogP contribution is 2.21. The summed E-state index contributed by atoms with van der Waals surface area (Å²) in [6.45, 7) is 0. The number of anilines is 2. The van der Waals surface area contributed by atoms with E-state index in [-0.39, 0.29) is 5.56 Å². The van der Waals surface area contributed by atoms with Crippen LogP contribution in [-0.4, -0.2) is 21.0 Å². The molecule has 0 spiro atoms. The van der Waals surface area contributed by atoms with Gasteiger partial charge in [-0.2, -0.15) is 0 Å². The number of hydrogen-bond acceptors (Lipinski definition) is 3. The molecular weight excluding hydrogens is 280 g/mol. The third-order valence-electron chi connectivity index (χ3n) is 2.92. The van der Waals surface area contributed by atoms with Crippen LogP contribution >= 0.6 is 0 Å². The molecule has 3 aromatic rings. The van der Waals surface area contributed by atoms with Gasteiger partial charge in [0.2, 0.25) is 5.95 Å². The van der Waals surface area contributed by atoms with Gasteiger partial charge in [0, 0.05) is 17.8 Å². The molecule has 0 aliphatic heterocycles. The van der Waals surface area contributed by atoms with Crippen LogP contribution in [-0.2, 0) is 0 Å². The first-order valence-electron chi connectivity index (χ1n) is 5.98. The van der Waals surface area contributed by atoms with Crippen molar-refractivity contribution in [3.05, 3.63) is 53.6 Å². The van der Waals surface area contributed by atoms with Crippen molar-refractivity contribution in [2.45, 2.75) is 0 Å². The lowest BCUT2D eigenvalue weighted by molar-refractivity contribution is 0.0697. The van der Waals surface area contributed by atoms with E-state index in [9.17, 15) is 13.6 Å².